The van der Waals surface area contributed by atoms with Crippen LogP contribution < -0.4 is 14.8 Å². The van der Waals surface area contributed by atoms with Crippen LogP contribution in [0.4, 0.5) is 5.95 Å². The second-order valence-electron chi connectivity index (χ2n) is 4.92. The average Bonchev–Trinajstić information content (AvgIpc) is 2.96. The summed E-state index contributed by atoms with van der Waals surface area (Å²) in [5, 5.41) is 2.75. The number of amides is 1. The highest BCUT2D eigenvalue weighted by Crippen LogP contribution is 2.30. The van der Waals surface area contributed by atoms with Crippen molar-refractivity contribution < 1.29 is 14.3 Å². The smallest absolute Gasteiger partial charge is 0.258 e. The van der Waals surface area contributed by atoms with Gasteiger partial charge in [0.25, 0.3) is 5.91 Å². The molecule has 0 bridgehead atoms. The van der Waals surface area contributed by atoms with Crippen molar-refractivity contribution in [1.29, 1.82) is 0 Å². The van der Waals surface area contributed by atoms with E-state index in [9.17, 15) is 4.79 Å². The SMILES string of the molecule is O=C(Nc1nc2ccccc2[nH]1)c1ccc2c(c1)OCCO2. The second-order valence-corrected chi connectivity index (χ2v) is 4.92. The molecular formula is C16H13N3O3. The molecule has 0 radical (unpaired) electrons. The Morgan fingerprint density at radius 1 is 1.09 bits per heavy atom. The lowest BCUT2D eigenvalue weighted by molar-refractivity contribution is 0.102. The van der Waals surface area contributed by atoms with E-state index in [0.717, 1.165) is 11.0 Å². The van der Waals surface area contributed by atoms with Crippen molar-refractivity contribution in [3.8, 4) is 11.5 Å². The van der Waals surface area contributed by atoms with Crippen LogP contribution in [0, 0.1) is 0 Å². The highest BCUT2D eigenvalue weighted by Gasteiger charge is 2.15. The van der Waals surface area contributed by atoms with E-state index < -0.39 is 0 Å². The molecule has 1 amide bonds. The van der Waals surface area contributed by atoms with E-state index in [0.29, 0.717) is 36.2 Å². The molecular weight excluding hydrogens is 282 g/mol. The molecule has 0 fully saturated rings. The average molecular weight is 295 g/mol. The summed E-state index contributed by atoms with van der Waals surface area (Å²) >= 11 is 0. The maximum Gasteiger partial charge on any atom is 0.258 e. The van der Waals surface area contributed by atoms with Crippen molar-refractivity contribution in [2.24, 2.45) is 0 Å². The van der Waals surface area contributed by atoms with E-state index in [1.807, 2.05) is 24.3 Å². The minimum Gasteiger partial charge on any atom is -0.486 e. The summed E-state index contributed by atoms with van der Waals surface area (Å²) in [5.74, 6) is 1.41. The van der Waals surface area contributed by atoms with Crippen molar-refractivity contribution in [2.75, 3.05) is 18.5 Å². The van der Waals surface area contributed by atoms with E-state index in [-0.39, 0.29) is 5.91 Å². The Hall–Kier alpha value is -3.02. The highest BCUT2D eigenvalue weighted by atomic mass is 16.6. The predicted molar refractivity (Wildman–Crippen MR) is 81.5 cm³/mol. The number of aromatic nitrogens is 2. The van der Waals surface area contributed by atoms with Gasteiger partial charge in [-0.25, -0.2) is 4.98 Å². The van der Waals surface area contributed by atoms with Gasteiger partial charge in [0, 0.05) is 5.56 Å². The van der Waals surface area contributed by atoms with Gasteiger partial charge in [0.05, 0.1) is 11.0 Å². The van der Waals surface area contributed by atoms with E-state index in [1.165, 1.54) is 0 Å². The molecule has 6 heteroatoms. The summed E-state index contributed by atoms with van der Waals surface area (Å²) in [5.41, 5.74) is 2.17. The van der Waals surface area contributed by atoms with Crippen molar-refractivity contribution >= 4 is 22.9 Å². The van der Waals surface area contributed by atoms with Gasteiger partial charge in [0.1, 0.15) is 13.2 Å². The molecule has 22 heavy (non-hydrogen) atoms. The molecule has 0 spiro atoms. The maximum atomic E-state index is 12.3. The Kier molecular flexibility index (Phi) is 2.93. The van der Waals surface area contributed by atoms with Gasteiger partial charge in [0.15, 0.2) is 11.5 Å². The Morgan fingerprint density at radius 2 is 1.91 bits per heavy atom. The van der Waals surface area contributed by atoms with E-state index >= 15 is 0 Å². The van der Waals surface area contributed by atoms with Gasteiger partial charge >= 0.3 is 0 Å². The zero-order chi connectivity index (χ0) is 14.9. The summed E-state index contributed by atoms with van der Waals surface area (Å²) < 4.78 is 10.9. The number of rotatable bonds is 2. The molecule has 2 heterocycles. The number of imidazole rings is 1. The molecule has 0 saturated carbocycles. The number of nitrogens with zero attached hydrogens (tertiary/aromatic N) is 1. The highest BCUT2D eigenvalue weighted by molar-refractivity contribution is 6.04. The molecule has 3 aromatic rings. The van der Waals surface area contributed by atoms with Gasteiger partial charge in [0.2, 0.25) is 5.95 Å². The van der Waals surface area contributed by atoms with Gasteiger partial charge < -0.3 is 14.5 Å². The molecule has 0 saturated heterocycles. The van der Waals surface area contributed by atoms with Crippen LogP contribution in [-0.4, -0.2) is 29.1 Å². The summed E-state index contributed by atoms with van der Waals surface area (Å²) in [6.45, 7) is 1.01. The first-order valence-corrected chi connectivity index (χ1v) is 6.95. The zero-order valence-electron chi connectivity index (χ0n) is 11.6. The lowest BCUT2D eigenvalue weighted by atomic mass is 10.2. The van der Waals surface area contributed by atoms with Crippen LogP contribution in [0.3, 0.4) is 0 Å². The van der Waals surface area contributed by atoms with Crippen molar-refractivity contribution in [3.63, 3.8) is 0 Å². The fraction of sp³-hybridized carbons (Fsp3) is 0.125. The van der Waals surface area contributed by atoms with Gasteiger partial charge in [-0.15, -0.1) is 0 Å². The Balaban J connectivity index is 1.59. The number of benzene rings is 2. The van der Waals surface area contributed by atoms with Crippen LogP contribution in [-0.2, 0) is 0 Å². The summed E-state index contributed by atoms with van der Waals surface area (Å²) in [4.78, 5) is 19.7. The Labute approximate surface area is 126 Å². The number of fused-ring (bicyclic) bond motifs is 2. The van der Waals surface area contributed by atoms with Crippen LogP contribution in [0.2, 0.25) is 0 Å². The first kappa shape index (κ1) is 12.7. The molecule has 0 atom stereocenters. The number of ether oxygens (including phenoxy) is 2. The fourth-order valence-corrected chi connectivity index (χ4v) is 2.38. The molecule has 0 unspecified atom stereocenters. The minimum atomic E-state index is -0.254. The van der Waals surface area contributed by atoms with Crippen molar-refractivity contribution in [1.82, 2.24) is 9.97 Å². The quantitative estimate of drug-likeness (QED) is 0.762. The van der Waals surface area contributed by atoms with Gasteiger partial charge in [-0.3, -0.25) is 10.1 Å². The molecule has 6 nitrogen and oxygen atoms in total. The van der Waals surface area contributed by atoms with Gasteiger partial charge in [-0.1, -0.05) is 12.1 Å². The molecule has 1 aliphatic heterocycles. The topological polar surface area (TPSA) is 76.2 Å². The van der Waals surface area contributed by atoms with Crippen LogP contribution in [0.15, 0.2) is 42.5 Å². The monoisotopic (exact) mass is 295 g/mol. The number of para-hydroxylation sites is 2. The van der Waals surface area contributed by atoms with Crippen molar-refractivity contribution in [2.45, 2.75) is 0 Å². The minimum absolute atomic E-state index is 0.254. The fourth-order valence-electron chi connectivity index (χ4n) is 2.38. The zero-order valence-corrected chi connectivity index (χ0v) is 11.6. The van der Waals surface area contributed by atoms with E-state index in [4.69, 9.17) is 9.47 Å². The molecule has 2 aromatic carbocycles. The standard InChI is InChI=1S/C16H13N3O3/c20-15(10-5-6-13-14(9-10)22-8-7-21-13)19-16-17-11-3-1-2-4-12(11)18-16/h1-6,9H,7-8H2,(H2,17,18,19,20). The van der Waals surface area contributed by atoms with Crippen LogP contribution in [0.1, 0.15) is 10.4 Å². The lowest BCUT2D eigenvalue weighted by Gasteiger charge is -2.18. The van der Waals surface area contributed by atoms with Crippen molar-refractivity contribution in [3.05, 3.63) is 48.0 Å². The van der Waals surface area contributed by atoms with Crippen LogP contribution in [0.25, 0.3) is 11.0 Å². The Morgan fingerprint density at radius 3 is 2.77 bits per heavy atom. The first-order valence-electron chi connectivity index (χ1n) is 6.95. The normalized spacial score (nSPS) is 13.1. The maximum absolute atomic E-state index is 12.3. The lowest BCUT2D eigenvalue weighted by Crippen LogP contribution is -2.17. The number of anilines is 1. The molecule has 0 aliphatic carbocycles. The third-order valence-electron chi connectivity index (χ3n) is 3.43. The third-order valence-corrected chi connectivity index (χ3v) is 3.43. The number of carbonyl (C=O) groups is 1. The second kappa shape index (κ2) is 5.07. The number of H-pyrrole nitrogens is 1. The number of carbonyl (C=O) groups excluding carboxylic acids is 1. The van der Waals surface area contributed by atoms with Gasteiger partial charge in [-0.2, -0.15) is 0 Å². The molecule has 1 aliphatic rings. The number of aromatic amines is 1. The summed E-state index contributed by atoms with van der Waals surface area (Å²) in [7, 11) is 0. The van der Waals surface area contributed by atoms with E-state index in [2.05, 4.69) is 15.3 Å². The first-order chi connectivity index (χ1) is 10.8. The van der Waals surface area contributed by atoms with Crippen LogP contribution in [0.5, 0.6) is 11.5 Å². The van der Waals surface area contributed by atoms with Gasteiger partial charge in [-0.05, 0) is 30.3 Å². The largest absolute Gasteiger partial charge is 0.486 e. The van der Waals surface area contributed by atoms with Crippen LogP contribution >= 0.6 is 0 Å². The summed E-state index contributed by atoms with van der Waals surface area (Å²) in [6, 6.07) is 12.7. The Bertz CT molecular complexity index is 824. The molecule has 110 valence electrons. The third kappa shape index (κ3) is 2.24. The predicted octanol–water partition coefficient (Wildman–Crippen LogP) is 2.59. The number of nitrogens with one attached hydrogen (secondary N) is 2. The molecule has 1 aromatic heterocycles. The molecule has 4 rings (SSSR count). The summed E-state index contributed by atoms with van der Waals surface area (Å²) in [6.07, 6.45) is 0. The number of hydrogen-bond donors (Lipinski definition) is 2. The van der Waals surface area contributed by atoms with E-state index in [1.54, 1.807) is 18.2 Å². The number of hydrogen-bond acceptors (Lipinski definition) is 4. The molecule has 2 N–H and O–H groups in total.